The summed E-state index contributed by atoms with van der Waals surface area (Å²) in [7, 11) is 0. The molecule has 0 fully saturated rings. The summed E-state index contributed by atoms with van der Waals surface area (Å²) in [5, 5.41) is 9.78. The first-order valence-corrected chi connectivity index (χ1v) is 19.3. The Labute approximate surface area is 321 Å². The summed E-state index contributed by atoms with van der Waals surface area (Å²) in [6, 6.07) is 66.9. The highest BCUT2D eigenvalue weighted by Gasteiger charge is 2.20. The lowest BCUT2D eigenvalue weighted by Crippen LogP contribution is -2.01. The predicted molar refractivity (Wildman–Crippen MR) is 232 cm³/mol. The third-order valence-corrected chi connectivity index (χ3v) is 12.0. The van der Waals surface area contributed by atoms with Crippen LogP contribution >= 0.6 is 11.3 Å². The van der Waals surface area contributed by atoms with E-state index in [1.165, 1.54) is 58.1 Å². The summed E-state index contributed by atoms with van der Waals surface area (Å²) in [4.78, 5) is 15.9. The standard InChI is InChI=1S/C51H31N3S/c1-3-16-36-32(13-1)15-11-23-37(36)33-27-29-34(30-28-33)49-52-50(54-51(53-49)45-25-12-24-43-42-21-9-10-26-47(42)55-48(43)45)44-22-8-7-20-41(44)46-31-35-14-2-4-17-38(35)39-18-5-6-19-40(39)46/h1-31H. The minimum Gasteiger partial charge on any atom is -0.208 e. The van der Waals surface area contributed by atoms with Crippen LogP contribution in [0.25, 0.3) is 109 Å². The molecule has 11 rings (SSSR count). The maximum atomic E-state index is 5.33. The van der Waals surface area contributed by atoms with Gasteiger partial charge in [0.15, 0.2) is 17.5 Å². The maximum Gasteiger partial charge on any atom is 0.165 e. The lowest BCUT2D eigenvalue weighted by atomic mass is 9.91. The van der Waals surface area contributed by atoms with Crippen LogP contribution < -0.4 is 0 Å². The van der Waals surface area contributed by atoms with Gasteiger partial charge in [0.1, 0.15) is 0 Å². The van der Waals surface area contributed by atoms with E-state index in [9.17, 15) is 0 Å². The molecule has 4 heteroatoms. The van der Waals surface area contributed by atoms with E-state index in [-0.39, 0.29) is 0 Å². The van der Waals surface area contributed by atoms with Gasteiger partial charge in [-0.25, -0.2) is 15.0 Å². The lowest BCUT2D eigenvalue weighted by Gasteiger charge is -2.15. The molecule has 0 unspecified atom stereocenters. The van der Waals surface area contributed by atoms with E-state index in [1.807, 2.05) is 0 Å². The zero-order valence-corrected chi connectivity index (χ0v) is 30.5. The van der Waals surface area contributed by atoms with Gasteiger partial charge in [-0.15, -0.1) is 11.3 Å². The third-order valence-electron chi connectivity index (χ3n) is 10.8. The number of nitrogens with zero attached hydrogens (tertiary/aromatic N) is 3. The fourth-order valence-electron chi connectivity index (χ4n) is 8.14. The molecule has 2 heterocycles. The van der Waals surface area contributed by atoms with Gasteiger partial charge in [-0.05, 0) is 72.8 Å². The molecule has 2 aromatic heterocycles. The molecule has 55 heavy (non-hydrogen) atoms. The lowest BCUT2D eigenvalue weighted by molar-refractivity contribution is 1.08. The second kappa shape index (κ2) is 12.8. The van der Waals surface area contributed by atoms with E-state index < -0.39 is 0 Å². The SMILES string of the molecule is c1ccc(-c2cc3ccccc3c3ccccc23)c(-c2nc(-c3ccc(-c4cccc5ccccc45)cc3)nc(-c3cccc4c3sc3ccccc34)n2)c1. The van der Waals surface area contributed by atoms with E-state index in [1.54, 1.807) is 11.3 Å². The van der Waals surface area contributed by atoms with Crippen molar-refractivity contribution in [3.05, 3.63) is 188 Å². The minimum atomic E-state index is 0.640. The summed E-state index contributed by atoms with van der Waals surface area (Å²) < 4.78 is 2.42. The molecule has 0 aliphatic carbocycles. The molecule has 0 saturated heterocycles. The molecule has 0 bridgehead atoms. The van der Waals surface area contributed by atoms with Crippen LogP contribution in [0, 0.1) is 0 Å². The average Bonchev–Trinajstić information content (AvgIpc) is 3.65. The van der Waals surface area contributed by atoms with Gasteiger partial charge >= 0.3 is 0 Å². The Kier molecular flexibility index (Phi) is 7.35. The van der Waals surface area contributed by atoms with Gasteiger partial charge in [-0.3, -0.25) is 0 Å². The first kappa shape index (κ1) is 31.5. The number of thiophene rings is 1. The van der Waals surface area contributed by atoms with Crippen molar-refractivity contribution in [3.63, 3.8) is 0 Å². The quantitative estimate of drug-likeness (QED) is 0.166. The molecule has 9 aromatic carbocycles. The van der Waals surface area contributed by atoms with Crippen molar-refractivity contribution in [1.29, 1.82) is 0 Å². The van der Waals surface area contributed by atoms with Crippen LogP contribution in [-0.4, -0.2) is 15.0 Å². The zero-order valence-electron chi connectivity index (χ0n) is 29.6. The van der Waals surface area contributed by atoms with Gasteiger partial charge in [0.05, 0.1) is 0 Å². The summed E-state index contributed by atoms with van der Waals surface area (Å²) in [6.45, 7) is 0. The fraction of sp³-hybridized carbons (Fsp3) is 0. The van der Waals surface area contributed by atoms with Gasteiger partial charge in [0.25, 0.3) is 0 Å². The van der Waals surface area contributed by atoms with Gasteiger partial charge in [0, 0.05) is 36.9 Å². The van der Waals surface area contributed by atoms with E-state index in [0.717, 1.165) is 33.4 Å². The van der Waals surface area contributed by atoms with Crippen LogP contribution in [0.2, 0.25) is 0 Å². The van der Waals surface area contributed by atoms with E-state index >= 15 is 0 Å². The molecule has 256 valence electrons. The Balaban J connectivity index is 1.13. The number of benzene rings is 9. The molecule has 0 radical (unpaired) electrons. The highest BCUT2D eigenvalue weighted by atomic mass is 32.1. The number of hydrogen-bond acceptors (Lipinski definition) is 4. The normalized spacial score (nSPS) is 11.6. The van der Waals surface area contributed by atoms with Crippen LogP contribution in [0.3, 0.4) is 0 Å². The van der Waals surface area contributed by atoms with Gasteiger partial charge in [-0.2, -0.15) is 0 Å². The third kappa shape index (κ3) is 5.30. The van der Waals surface area contributed by atoms with Crippen LogP contribution in [-0.2, 0) is 0 Å². The van der Waals surface area contributed by atoms with E-state index in [4.69, 9.17) is 15.0 Å². The molecule has 0 aliphatic rings. The average molecular weight is 718 g/mol. The zero-order chi connectivity index (χ0) is 36.3. The number of fused-ring (bicyclic) bond motifs is 7. The molecular weight excluding hydrogens is 687 g/mol. The van der Waals surface area contributed by atoms with Gasteiger partial charge in [0.2, 0.25) is 0 Å². The number of rotatable bonds is 5. The maximum absolute atomic E-state index is 5.33. The first-order valence-electron chi connectivity index (χ1n) is 18.5. The van der Waals surface area contributed by atoms with Crippen molar-refractivity contribution >= 4 is 63.8 Å². The molecule has 0 amide bonds. The summed E-state index contributed by atoms with van der Waals surface area (Å²) in [5.74, 6) is 1.94. The van der Waals surface area contributed by atoms with Crippen LogP contribution in [0.15, 0.2) is 188 Å². The second-order valence-electron chi connectivity index (χ2n) is 13.9. The van der Waals surface area contributed by atoms with Gasteiger partial charge < -0.3 is 0 Å². The Hall–Kier alpha value is -7.01. The molecular formula is C51H31N3S. The largest absolute Gasteiger partial charge is 0.208 e. The van der Waals surface area contributed by atoms with Crippen molar-refractivity contribution in [2.75, 3.05) is 0 Å². The van der Waals surface area contributed by atoms with Crippen LogP contribution in [0.4, 0.5) is 0 Å². The van der Waals surface area contributed by atoms with Crippen molar-refractivity contribution in [2.45, 2.75) is 0 Å². The number of aromatic nitrogens is 3. The van der Waals surface area contributed by atoms with Crippen molar-refractivity contribution in [2.24, 2.45) is 0 Å². The fourth-order valence-corrected chi connectivity index (χ4v) is 9.35. The molecule has 0 N–H and O–H groups in total. The monoisotopic (exact) mass is 717 g/mol. The molecule has 0 atom stereocenters. The van der Waals surface area contributed by atoms with Crippen molar-refractivity contribution < 1.29 is 0 Å². The Morgan fingerprint density at radius 1 is 0.291 bits per heavy atom. The predicted octanol–water partition coefficient (Wildman–Crippen LogP) is 14.0. The van der Waals surface area contributed by atoms with Crippen molar-refractivity contribution in [1.82, 2.24) is 15.0 Å². The van der Waals surface area contributed by atoms with Crippen LogP contribution in [0.5, 0.6) is 0 Å². The first-order chi connectivity index (χ1) is 27.3. The molecule has 0 spiro atoms. The highest BCUT2D eigenvalue weighted by Crippen LogP contribution is 2.42. The van der Waals surface area contributed by atoms with E-state index in [2.05, 4.69) is 188 Å². The molecule has 0 aliphatic heterocycles. The smallest absolute Gasteiger partial charge is 0.165 e. The Morgan fingerprint density at radius 3 is 1.65 bits per heavy atom. The highest BCUT2D eigenvalue weighted by molar-refractivity contribution is 7.26. The summed E-state index contributed by atoms with van der Waals surface area (Å²) >= 11 is 1.79. The molecule has 11 aromatic rings. The van der Waals surface area contributed by atoms with Crippen LogP contribution in [0.1, 0.15) is 0 Å². The molecule has 3 nitrogen and oxygen atoms in total. The Bertz CT molecular complexity index is 3270. The molecule has 0 saturated carbocycles. The number of hydrogen-bond donors (Lipinski definition) is 0. The van der Waals surface area contributed by atoms with E-state index in [0.29, 0.717) is 17.5 Å². The topological polar surface area (TPSA) is 38.7 Å². The second-order valence-corrected chi connectivity index (χ2v) is 15.0. The minimum absolute atomic E-state index is 0.640. The van der Waals surface area contributed by atoms with Gasteiger partial charge in [-0.1, -0.05) is 170 Å². The summed E-state index contributed by atoms with van der Waals surface area (Å²) in [5.41, 5.74) is 7.49. The Morgan fingerprint density at radius 2 is 0.818 bits per heavy atom. The summed E-state index contributed by atoms with van der Waals surface area (Å²) in [6.07, 6.45) is 0. The van der Waals surface area contributed by atoms with Crippen molar-refractivity contribution in [3.8, 4) is 56.4 Å².